The van der Waals surface area contributed by atoms with Gasteiger partial charge in [-0.25, -0.2) is 0 Å². The molecule has 0 spiro atoms. The van der Waals surface area contributed by atoms with E-state index in [0.717, 1.165) is 18.4 Å². The number of nitrogens with one attached hydrogen (secondary N) is 1. The van der Waals surface area contributed by atoms with Crippen LogP contribution >= 0.6 is 0 Å². The van der Waals surface area contributed by atoms with Crippen LogP contribution in [-0.2, 0) is 11.2 Å². The summed E-state index contributed by atoms with van der Waals surface area (Å²) >= 11 is 0. The molecule has 0 fully saturated rings. The second-order valence-corrected chi connectivity index (χ2v) is 4.39. The van der Waals surface area contributed by atoms with Gasteiger partial charge in [0.25, 0.3) is 0 Å². The number of aryl methyl sites for hydroxylation is 1. The van der Waals surface area contributed by atoms with Gasteiger partial charge in [0.05, 0.1) is 0 Å². The highest BCUT2D eigenvalue weighted by molar-refractivity contribution is 5.77. The van der Waals surface area contributed by atoms with Crippen LogP contribution in [0.1, 0.15) is 36.1 Å². The number of carboxylic acids is 1. The largest absolute Gasteiger partial charge is 0.480 e. The standard InChI is InChI=1S/C13H17NO2/c1-3-9-7-11-8(2)5-4-6-10(11)12(14-9)13(15)16/h4-6,9,12,14H,3,7H2,1-2H3,(H,15,16). The van der Waals surface area contributed by atoms with Crippen molar-refractivity contribution < 1.29 is 9.90 Å². The van der Waals surface area contributed by atoms with Crippen LogP contribution in [0.15, 0.2) is 18.2 Å². The molecule has 3 heteroatoms. The molecule has 2 unspecified atom stereocenters. The molecule has 0 aliphatic carbocycles. The molecule has 1 aliphatic rings. The topological polar surface area (TPSA) is 49.3 Å². The molecule has 0 saturated carbocycles. The SMILES string of the molecule is CCC1Cc2c(C)cccc2C(C(=O)O)N1. The number of carbonyl (C=O) groups is 1. The molecule has 86 valence electrons. The molecular formula is C13H17NO2. The summed E-state index contributed by atoms with van der Waals surface area (Å²) in [6, 6.07) is 5.62. The third-order valence-electron chi connectivity index (χ3n) is 3.35. The first-order valence-corrected chi connectivity index (χ1v) is 5.70. The first kappa shape index (κ1) is 11.1. The molecule has 16 heavy (non-hydrogen) atoms. The van der Waals surface area contributed by atoms with Crippen molar-refractivity contribution in [1.82, 2.24) is 5.32 Å². The van der Waals surface area contributed by atoms with Crippen molar-refractivity contribution in [2.45, 2.75) is 38.8 Å². The number of fused-ring (bicyclic) bond motifs is 1. The van der Waals surface area contributed by atoms with Crippen LogP contribution in [-0.4, -0.2) is 17.1 Å². The van der Waals surface area contributed by atoms with Gasteiger partial charge in [-0.15, -0.1) is 0 Å². The van der Waals surface area contributed by atoms with Gasteiger partial charge in [0, 0.05) is 6.04 Å². The fourth-order valence-corrected chi connectivity index (χ4v) is 2.37. The van der Waals surface area contributed by atoms with Gasteiger partial charge in [-0.05, 0) is 36.5 Å². The molecule has 0 radical (unpaired) electrons. The predicted octanol–water partition coefficient (Wildman–Crippen LogP) is 2.05. The minimum Gasteiger partial charge on any atom is -0.480 e. The van der Waals surface area contributed by atoms with Gasteiger partial charge < -0.3 is 5.11 Å². The number of aliphatic carboxylic acids is 1. The lowest BCUT2D eigenvalue weighted by Gasteiger charge is -2.31. The van der Waals surface area contributed by atoms with Gasteiger partial charge in [-0.1, -0.05) is 25.1 Å². The lowest BCUT2D eigenvalue weighted by molar-refractivity contribution is -0.140. The van der Waals surface area contributed by atoms with Gasteiger partial charge in [0.2, 0.25) is 0 Å². The van der Waals surface area contributed by atoms with Crippen molar-refractivity contribution in [2.24, 2.45) is 0 Å². The Labute approximate surface area is 95.5 Å². The van der Waals surface area contributed by atoms with Crippen molar-refractivity contribution in [1.29, 1.82) is 0 Å². The van der Waals surface area contributed by atoms with Gasteiger partial charge in [-0.3, -0.25) is 10.1 Å². The fraction of sp³-hybridized carbons (Fsp3) is 0.462. The molecule has 0 aromatic heterocycles. The fourth-order valence-electron chi connectivity index (χ4n) is 2.37. The van der Waals surface area contributed by atoms with Crippen LogP contribution in [0.4, 0.5) is 0 Å². The summed E-state index contributed by atoms with van der Waals surface area (Å²) in [5.41, 5.74) is 3.33. The maximum absolute atomic E-state index is 11.2. The summed E-state index contributed by atoms with van der Waals surface area (Å²) < 4.78 is 0. The van der Waals surface area contributed by atoms with Gasteiger partial charge in [0.15, 0.2) is 0 Å². The maximum atomic E-state index is 11.2. The molecule has 1 heterocycles. The second-order valence-electron chi connectivity index (χ2n) is 4.39. The zero-order valence-corrected chi connectivity index (χ0v) is 9.66. The second kappa shape index (κ2) is 4.26. The summed E-state index contributed by atoms with van der Waals surface area (Å²) in [4.78, 5) is 11.2. The first-order valence-electron chi connectivity index (χ1n) is 5.70. The zero-order chi connectivity index (χ0) is 11.7. The molecule has 1 aliphatic heterocycles. The van der Waals surface area contributed by atoms with Gasteiger partial charge >= 0.3 is 5.97 Å². The van der Waals surface area contributed by atoms with Crippen molar-refractivity contribution in [3.8, 4) is 0 Å². The predicted molar refractivity (Wildman–Crippen MR) is 62.5 cm³/mol. The Morgan fingerprint density at radius 2 is 2.31 bits per heavy atom. The maximum Gasteiger partial charge on any atom is 0.325 e. The van der Waals surface area contributed by atoms with E-state index in [1.165, 1.54) is 11.1 Å². The Hall–Kier alpha value is -1.35. The smallest absolute Gasteiger partial charge is 0.325 e. The molecule has 1 aromatic rings. The molecule has 3 nitrogen and oxygen atoms in total. The Kier molecular flexibility index (Phi) is 2.97. The van der Waals surface area contributed by atoms with Crippen molar-refractivity contribution in [2.75, 3.05) is 0 Å². The lowest BCUT2D eigenvalue weighted by Crippen LogP contribution is -2.42. The van der Waals surface area contributed by atoms with E-state index >= 15 is 0 Å². The Morgan fingerprint density at radius 1 is 1.56 bits per heavy atom. The van der Waals surface area contributed by atoms with Crippen LogP contribution in [0.3, 0.4) is 0 Å². The summed E-state index contributed by atoms with van der Waals surface area (Å²) in [5.74, 6) is -0.787. The van der Waals surface area contributed by atoms with Gasteiger partial charge in [-0.2, -0.15) is 0 Å². The molecule has 2 rings (SSSR count). The minimum atomic E-state index is -0.787. The average Bonchev–Trinajstić information content (AvgIpc) is 2.28. The molecule has 1 aromatic carbocycles. The highest BCUT2D eigenvalue weighted by Gasteiger charge is 2.30. The molecule has 0 saturated heterocycles. The summed E-state index contributed by atoms with van der Waals surface area (Å²) in [6.07, 6.45) is 1.89. The van der Waals surface area contributed by atoms with E-state index in [0.29, 0.717) is 0 Å². The Morgan fingerprint density at radius 3 is 2.94 bits per heavy atom. The number of hydrogen-bond acceptors (Lipinski definition) is 2. The molecule has 0 amide bonds. The first-order chi connectivity index (χ1) is 7.63. The average molecular weight is 219 g/mol. The highest BCUT2D eigenvalue weighted by atomic mass is 16.4. The van der Waals surface area contributed by atoms with Crippen LogP contribution in [0.5, 0.6) is 0 Å². The molecular weight excluding hydrogens is 202 g/mol. The van der Waals surface area contributed by atoms with Crippen molar-refractivity contribution >= 4 is 5.97 Å². The van der Waals surface area contributed by atoms with Crippen LogP contribution < -0.4 is 5.32 Å². The molecule has 2 atom stereocenters. The summed E-state index contributed by atoms with van der Waals surface area (Å²) in [5, 5.41) is 12.4. The minimum absolute atomic E-state index is 0.273. The summed E-state index contributed by atoms with van der Waals surface area (Å²) in [6.45, 7) is 4.13. The number of rotatable bonds is 2. The van der Waals surface area contributed by atoms with Crippen LogP contribution in [0.2, 0.25) is 0 Å². The van der Waals surface area contributed by atoms with Crippen molar-refractivity contribution in [3.63, 3.8) is 0 Å². The van der Waals surface area contributed by atoms with E-state index in [-0.39, 0.29) is 6.04 Å². The van der Waals surface area contributed by atoms with E-state index in [4.69, 9.17) is 0 Å². The highest BCUT2D eigenvalue weighted by Crippen LogP contribution is 2.28. The summed E-state index contributed by atoms with van der Waals surface area (Å²) in [7, 11) is 0. The van der Waals surface area contributed by atoms with E-state index in [9.17, 15) is 9.90 Å². The van der Waals surface area contributed by atoms with E-state index < -0.39 is 12.0 Å². The van der Waals surface area contributed by atoms with Crippen LogP contribution in [0, 0.1) is 6.92 Å². The van der Waals surface area contributed by atoms with Crippen LogP contribution in [0.25, 0.3) is 0 Å². The quantitative estimate of drug-likeness (QED) is 0.800. The monoisotopic (exact) mass is 219 g/mol. The zero-order valence-electron chi connectivity index (χ0n) is 9.66. The third kappa shape index (κ3) is 1.83. The number of hydrogen-bond donors (Lipinski definition) is 2. The molecule has 2 N–H and O–H groups in total. The number of benzene rings is 1. The van der Waals surface area contributed by atoms with Crippen molar-refractivity contribution in [3.05, 3.63) is 34.9 Å². The molecule has 0 bridgehead atoms. The Bertz CT molecular complexity index is 414. The normalized spacial score (nSPS) is 23.9. The van der Waals surface area contributed by atoms with E-state index in [2.05, 4.69) is 25.2 Å². The Balaban J connectivity index is 2.46. The lowest BCUT2D eigenvalue weighted by atomic mass is 9.86. The van der Waals surface area contributed by atoms with E-state index in [1.54, 1.807) is 0 Å². The third-order valence-corrected chi connectivity index (χ3v) is 3.35. The van der Waals surface area contributed by atoms with E-state index in [1.807, 2.05) is 12.1 Å². The van der Waals surface area contributed by atoms with Gasteiger partial charge in [0.1, 0.15) is 6.04 Å². The number of carboxylic acid groups (broad SMARTS) is 1.